The van der Waals surface area contributed by atoms with Crippen LogP contribution in [0.5, 0.6) is 0 Å². The lowest BCUT2D eigenvalue weighted by molar-refractivity contribution is -0.136. The van der Waals surface area contributed by atoms with Crippen LogP contribution in [0.4, 0.5) is 18.9 Å². The molecule has 0 bridgehead atoms. The maximum absolute atomic E-state index is 13.6. The van der Waals surface area contributed by atoms with Crippen molar-refractivity contribution in [2.75, 3.05) is 5.73 Å². The van der Waals surface area contributed by atoms with Crippen LogP contribution in [0.1, 0.15) is 11.1 Å². The molecule has 0 saturated heterocycles. The molecule has 2 N–H and O–H groups in total. The van der Waals surface area contributed by atoms with Crippen molar-refractivity contribution in [3.63, 3.8) is 0 Å². The van der Waals surface area contributed by atoms with E-state index in [-0.39, 0.29) is 5.02 Å². The first-order chi connectivity index (χ1) is 16.3. The van der Waals surface area contributed by atoms with Gasteiger partial charge in [0.1, 0.15) is 5.82 Å². The van der Waals surface area contributed by atoms with Gasteiger partial charge in [-0.1, -0.05) is 54.1 Å². The van der Waals surface area contributed by atoms with E-state index >= 15 is 0 Å². The highest BCUT2D eigenvalue weighted by Gasteiger charge is 2.34. The fraction of sp³-hybridized carbons (Fsp3) is 0.0769. The molecule has 2 aromatic heterocycles. The molecular weight excluding hydrogens is 461 g/mol. The summed E-state index contributed by atoms with van der Waals surface area (Å²) in [4.78, 5) is 8.97. The monoisotopic (exact) mass is 478 g/mol. The van der Waals surface area contributed by atoms with E-state index in [2.05, 4.69) is 4.98 Å². The topological polar surface area (TPSA) is 56.7 Å². The molecule has 0 aliphatic carbocycles. The van der Waals surface area contributed by atoms with Crippen molar-refractivity contribution < 1.29 is 13.2 Å². The second-order valence-corrected chi connectivity index (χ2v) is 8.24. The van der Waals surface area contributed by atoms with E-state index in [1.54, 1.807) is 24.5 Å². The molecule has 0 spiro atoms. The van der Waals surface area contributed by atoms with Crippen LogP contribution in [-0.4, -0.2) is 14.5 Å². The van der Waals surface area contributed by atoms with E-state index in [0.29, 0.717) is 29.0 Å². The molecule has 5 aromatic rings. The number of aromatic nitrogens is 3. The van der Waals surface area contributed by atoms with E-state index < -0.39 is 17.4 Å². The molecule has 3 aromatic carbocycles. The Balaban J connectivity index is 1.76. The highest BCUT2D eigenvalue weighted by atomic mass is 35.5. The fourth-order valence-electron chi connectivity index (χ4n) is 4.03. The van der Waals surface area contributed by atoms with Crippen LogP contribution in [0, 0.1) is 0 Å². The molecule has 170 valence electrons. The van der Waals surface area contributed by atoms with Crippen LogP contribution in [0.2, 0.25) is 5.02 Å². The van der Waals surface area contributed by atoms with Crippen LogP contribution in [-0.2, 0) is 12.7 Å². The van der Waals surface area contributed by atoms with Gasteiger partial charge >= 0.3 is 6.18 Å². The van der Waals surface area contributed by atoms with Crippen molar-refractivity contribution in [1.29, 1.82) is 0 Å². The zero-order valence-electron chi connectivity index (χ0n) is 17.7. The molecule has 0 fully saturated rings. The number of anilines is 1. The van der Waals surface area contributed by atoms with Crippen LogP contribution in [0.15, 0.2) is 85.2 Å². The third kappa shape index (κ3) is 3.99. The summed E-state index contributed by atoms with van der Waals surface area (Å²) in [5.41, 5.74) is 8.30. The standard InChI is InChI=1S/C26H18ClF3N4/c27-21-14-18(13-20(23(21)31)26(28,29)30)19-7-4-8-22-24(19)33-25(17-5-2-1-3-6-17)34(22)15-16-9-11-32-12-10-16/h1-14H,15,31H2. The van der Waals surface area contributed by atoms with Gasteiger partial charge in [0.25, 0.3) is 0 Å². The molecule has 0 amide bonds. The molecule has 0 atom stereocenters. The second kappa shape index (κ2) is 8.50. The molecule has 5 rings (SSSR count). The third-order valence-corrected chi connectivity index (χ3v) is 5.96. The number of halogens is 4. The first-order valence-corrected chi connectivity index (χ1v) is 10.8. The maximum Gasteiger partial charge on any atom is 0.418 e. The number of para-hydroxylation sites is 1. The van der Waals surface area contributed by atoms with Gasteiger partial charge in [-0.15, -0.1) is 0 Å². The SMILES string of the molecule is Nc1c(Cl)cc(-c2cccc3c2nc(-c2ccccc2)n3Cc2ccncc2)cc1C(F)(F)F. The van der Waals surface area contributed by atoms with Crippen molar-refractivity contribution in [1.82, 2.24) is 14.5 Å². The summed E-state index contributed by atoms with van der Waals surface area (Å²) >= 11 is 6.11. The quantitative estimate of drug-likeness (QED) is 0.281. The molecule has 0 unspecified atom stereocenters. The predicted octanol–water partition coefficient (Wildman–Crippen LogP) is 7.07. The minimum absolute atomic E-state index is 0.152. The Labute approximate surface area is 198 Å². The third-order valence-electron chi connectivity index (χ3n) is 5.65. The van der Waals surface area contributed by atoms with E-state index in [1.807, 2.05) is 53.1 Å². The molecule has 0 aliphatic heterocycles. The zero-order valence-corrected chi connectivity index (χ0v) is 18.5. The number of nitrogens with two attached hydrogens (primary N) is 1. The van der Waals surface area contributed by atoms with Gasteiger partial charge < -0.3 is 10.3 Å². The Morgan fingerprint density at radius 2 is 1.62 bits per heavy atom. The number of hydrogen-bond donors (Lipinski definition) is 1. The molecule has 4 nitrogen and oxygen atoms in total. The summed E-state index contributed by atoms with van der Waals surface area (Å²) in [5, 5.41) is -0.152. The zero-order chi connectivity index (χ0) is 23.9. The van der Waals surface area contributed by atoms with Gasteiger partial charge in [0.2, 0.25) is 0 Å². The van der Waals surface area contributed by atoms with Gasteiger partial charge in [-0.05, 0) is 41.5 Å². The molecular formula is C26H18ClF3N4. The molecule has 8 heteroatoms. The average Bonchev–Trinajstić information content (AvgIpc) is 3.20. The Bertz CT molecular complexity index is 1480. The first kappa shape index (κ1) is 22.0. The molecule has 0 radical (unpaired) electrons. The van der Waals surface area contributed by atoms with Gasteiger partial charge in [-0.3, -0.25) is 4.98 Å². The van der Waals surface area contributed by atoms with E-state index in [9.17, 15) is 13.2 Å². The molecule has 2 heterocycles. The fourth-order valence-corrected chi connectivity index (χ4v) is 4.25. The number of pyridine rings is 1. The number of alkyl halides is 3. The van der Waals surface area contributed by atoms with Crippen molar-refractivity contribution >= 4 is 28.3 Å². The van der Waals surface area contributed by atoms with Crippen LogP contribution in [0.3, 0.4) is 0 Å². The minimum atomic E-state index is -4.63. The number of imidazole rings is 1. The first-order valence-electron chi connectivity index (χ1n) is 10.4. The number of hydrogen-bond acceptors (Lipinski definition) is 3. The summed E-state index contributed by atoms with van der Waals surface area (Å²) in [7, 11) is 0. The van der Waals surface area contributed by atoms with Crippen molar-refractivity contribution in [3.05, 3.63) is 101 Å². The Morgan fingerprint density at radius 3 is 2.32 bits per heavy atom. The van der Waals surface area contributed by atoms with E-state index in [4.69, 9.17) is 22.3 Å². The number of rotatable bonds is 4. The van der Waals surface area contributed by atoms with E-state index in [1.165, 1.54) is 6.07 Å². The largest absolute Gasteiger partial charge is 0.418 e. The van der Waals surface area contributed by atoms with Crippen LogP contribution in [0.25, 0.3) is 33.5 Å². The number of nitrogen functional groups attached to an aromatic ring is 1. The highest BCUT2D eigenvalue weighted by Crippen LogP contribution is 2.41. The number of nitrogens with zero attached hydrogens (tertiary/aromatic N) is 3. The predicted molar refractivity (Wildman–Crippen MR) is 128 cm³/mol. The minimum Gasteiger partial charge on any atom is -0.397 e. The highest BCUT2D eigenvalue weighted by molar-refractivity contribution is 6.33. The Morgan fingerprint density at radius 1 is 0.882 bits per heavy atom. The summed E-state index contributed by atoms with van der Waals surface area (Å²) in [6.07, 6.45) is -1.19. The lowest BCUT2D eigenvalue weighted by atomic mass is 10.00. The Kier molecular flexibility index (Phi) is 5.49. The van der Waals surface area contributed by atoms with Crippen LogP contribution < -0.4 is 5.73 Å². The van der Waals surface area contributed by atoms with Gasteiger partial charge in [-0.25, -0.2) is 4.98 Å². The van der Waals surface area contributed by atoms with Crippen molar-refractivity contribution in [2.45, 2.75) is 12.7 Å². The maximum atomic E-state index is 13.6. The van der Waals surface area contributed by atoms with Crippen molar-refractivity contribution in [3.8, 4) is 22.5 Å². The van der Waals surface area contributed by atoms with Crippen molar-refractivity contribution in [2.24, 2.45) is 0 Å². The van der Waals surface area contributed by atoms with Gasteiger partial charge in [0, 0.05) is 30.1 Å². The van der Waals surface area contributed by atoms with Crippen LogP contribution >= 0.6 is 11.6 Å². The summed E-state index contributed by atoms with van der Waals surface area (Å²) in [6.45, 7) is 0.517. The molecule has 34 heavy (non-hydrogen) atoms. The Hall–Kier alpha value is -3.84. The summed E-state index contributed by atoms with van der Waals surface area (Å²) in [5.74, 6) is 0.706. The lowest BCUT2D eigenvalue weighted by Crippen LogP contribution is -2.09. The average molecular weight is 479 g/mol. The molecule has 0 saturated carbocycles. The second-order valence-electron chi connectivity index (χ2n) is 7.83. The lowest BCUT2D eigenvalue weighted by Gasteiger charge is -2.14. The molecule has 0 aliphatic rings. The van der Waals surface area contributed by atoms with Gasteiger partial charge in [0.05, 0.1) is 27.3 Å². The number of fused-ring (bicyclic) bond motifs is 1. The van der Waals surface area contributed by atoms with Gasteiger partial charge in [0.15, 0.2) is 0 Å². The summed E-state index contributed by atoms with van der Waals surface area (Å²) in [6, 6.07) is 21.4. The van der Waals surface area contributed by atoms with E-state index in [0.717, 1.165) is 22.7 Å². The van der Waals surface area contributed by atoms with Gasteiger partial charge in [-0.2, -0.15) is 13.2 Å². The number of benzene rings is 3. The normalized spacial score (nSPS) is 11.8. The smallest absolute Gasteiger partial charge is 0.397 e. The summed E-state index contributed by atoms with van der Waals surface area (Å²) < 4.78 is 42.9.